The minimum Gasteiger partial charge on any atom is -0.465 e. The second kappa shape index (κ2) is 14.0. The second-order valence-electron chi connectivity index (χ2n) is 10.2. The third-order valence-electron chi connectivity index (χ3n) is 6.58. The fourth-order valence-electron chi connectivity index (χ4n) is 4.80. The van der Waals surface area contributed by atoms with E-state index in [0.29, 0.717) is 25.4 Å². The van der Waals surface area contributed by atoms with E-state index in [4.69, 9.17) is 0 Å². The molecule has 39 heavy (non-hydrogen) atoms. The zero-order valence-electron chi connectivity index (χ0n) is 22.4. The first-order valence-electron chi connectivity index (χ1n) is 13.2. The highest BCUT2D eigenvalue weighted by Crippen LogP contribution is 2.21. The summed E-state index contributed by atoms with van der Waals surface area (Å²) in [4.78, 5) is 25.4. The van der Waals surface area contributed by atoms with Crippen LogP contribution in [0.2, 0.25) is 0 Å². The zero-order valence-corrected chi connectivity index (χ0v) is 23.2. The number of aliphatic hydroxyl groups excluding tert-OH is 1. The zero-order chi connectivity index (χ0) is 27.6. The van der Waals surface area contributed by atoms with E-state index in [2.05, 4.69) is 53.0 Å². The average Bonchev–Trinajstić information content (AvgIpc) is 3.45. The standard InChI is InChI=1S/C31H36N4O3S/c1-23(2)18-34(19-25-11-13-26(14-12-25)28-10-6-7-15-33-28)21-30(36)29(16-24-8-4-3-5-9-24)35(31(37)38)20-27-17-32-22-39-27/h3-15,17,22-23,29-30,36H,16,18-21H2,1-2H3,(H,37,38)/t29-,30+/m0/s1. The maximum absolute atomic E-state index is 12.4. The summed E-state index contributed by atoms with van der Waals surface area (Å²) in [6.45, 7) is 6.27. The number of benzene rings is 2. The lowest BCUT2D eigenvalue weighted by molar-refractivity contribution is 0.0192. The quantitative estimate of drug-likeness (QED) is 0.221. The van der Waals surface area contributed by atoms with Crippen LogP contribution in [0.5, 0.6) is 0 Å². The monoisotopic (exact) mass is 544 g/mol. The van der Waals surface area contributed by atoms with Gasteiger partial charge in [0.2, 0.25) is 0 Å². The molecule has 0 aliphatic rings. The third-order valence-corrected chi connectivity index (χ3v) is 7.34. The van der Waals surface area contributed by atoms with Crippen LogP contribution >= 0.6 is 11.3 Å². The summed E-state index contributed by atoms with van der Waals surface area (Å²) >= 11 is 1.42. The Bertz CT molecular complexity index is 1270. The number of aliphatic hydroxyl groups is 1. The van der Waals surface area contributed by atoms with E-state index in [1.54, 1.807) is 17.9 Å². The summed E-state index contributed by atoms with van der Waals surface area (Å²) in [5.74, 6) is 0.380. The molecule has 0 saturated carbocycles. The third kappa shape index (κ3) is 8.45. The highest BCUT2D eigenvalue weighted by atomic mass is 32.1. The number of carbonyl (C=O) groups is 1. The van der Waals surface area contributed by atoms with E-state index >= 15 is 0 Å². The van der Waals surface area contributed by atoms with Gasteiger partial charge >= 0.3 is 6.09 Å². The van der Waals surface area contributed by atoms with Gasteiger partial charge in [0, 0.05) is 42.5 Å². The lowest BCUT2D eigenvalue weighted by atomic mass is 9.98. The Morgan fingerprint density at radius 2 is 1.67 bits per heavy atom. The predicted molar refractivity (Wildman–Crippen MR) is 155 cm³/mol. The number of thiazole rings is 1. The molecule has 2 N–H and O–H groups in total. The van der Waals surface area contributed by atoms with E-state index in [1.807, 2.05) is 48.5 Å². The molecule has 2 aromatic carbocycles. The van der Waals surface area contributed by atoms with Crippen molar-refractivity contribution in [2.45, 2.75) is 45.5 Å². The van der Waals surface area contributed by atoms with Gasteiger partial charge in [0.05, 0.1) is 29.9 Å². The fraction of sp³-hybridized carbons (Fsp3) is 0.323. The smallest absolute Gasteiger partial charge is 0.407 e. The minimum atomic E-state index is -1.05. The molecule has 0 aliphatic carbocycles. The molecule has 0 unspecified atom stereocenters. The molecule has 204 valence electrons. The first-order valence-corrected chi connectivity index (χ1v) is 14.1. The molecular weight excluding hydrogens is 508 g/mol. The molecule has 0 aliphatic heterocycles. The normalized spacial score (nSPS) is 12.9. The van der Waals surface area contributed by atoms with Crippen LogP contribution in [-0.4, -0.2) is 61.3 Å². The van der Waals surface area contributed by atoms with Crippen molar-refractivity contribution in [2.75, 3.05) is 13.1 Å². The van der Waals surface area contributed by atoms with Crippen LogP contribution in [0.4, 0.5) is 4.79 Å². The van der Waals surface area contributed by atoms with Crippen molar-refractivity contribution in [2.24, 2.45) is 5.92 Å². The summed E-state index contributed by atoms with van der Waals surface area (Å²) in [6, 6.07) is 23.3. The SMILES string of the molecule is CC(C)CN(Cc1ccc(-c2ccccn2)cc1)C[C@@H](O)[C@H](Cc1ccccc1)N(Cc1cncs1)C(=O)O. The lowest BCUT2D eigenvalue weighted by Crippen LogP contribution is -2.51. The number of aromatic nitrogens is 2. The molecule has 2 atom stereocenters. The van der Waals surface area contributed by atoms with Gasteiger partial charge < -0.3 is 10.2 Å². The van der Waals surface area contributed by atoms with E-state index < -0.39 is 18.2 Å². The molecular formula is C31H36N4O3S. The van der Waals surface area contributed by atoms with Crippen molar-refractivity contribution >= 4 is 17.4 Å². The van der Waals surface area contributed by atoms with Gasteiger partial charge in [-0.05, 0) is 35.6 Å². The molecule has 0 spiro atoms. The van der Waals surface area contributed by atoms with E-state index in [9.17, 15) is 15.0 Å². The largest absolute Gasteiger partial charge is 0.465 e. The van der Waals surface area contributed by atoms with Crippen LogP contribution in [0.25, 0.3) is 11.3 Å². The molecule has 7 nitrogen and oxygen atoms in total. The van der Waals surface area contributed by atoms with Crippen LogP contribution in [0.3, 0.4) is 0 Å². The van der Waals surface area contributed by atoms with Crippen LogP contribution in [0.15, 0.2) is 90.7 Å². The Hall–Kier alpha value is -3.59. The average molecular weight is 545 g/mol. The molecule has 0 radical (unpaired) electrons. The minimum absolute atomic E-state index is 0.188. The van der Waals surface area contributed by atoms with Gasteiger partial charge in [-0.3, -0.25) is 19.8 Å². The Labute approximate surface area is 234 Å². The van der Waals surface area contributed by atoms with Crippen molar-refractivity contribution in [1.29, 1.82) is 0 Å². The molecule has 1 amide bonds. The summed E-state index contributed by atoms with van der Waals surface area (Å²) in [6.07, 6.45) is 1.95. The number of hydrogen-bond donors (Lipinski definition) is 2. The van der Waals surface area contributed by atoms with Gasteiger partial charge in [0.25, 0.3) is 0 Å². The predicted octanol–water partition coefficient (Wildman–Crippen LogP) is 5.82. The highest BCUT2D eigenvalue weighted by Gasteiger charge is 2.32. The number of nitrogens with zero attached hydrogens (tertiary/aromatic N) is 4. The lowest BCUT2D eigenvalue weighted by Gasteiger charge is -2.36. The summed E-state index contributed by atoms with van der Waals surface area (Å²) in [5, 5.41) is 21.8. The first-order chi connectivity index (χ1) is 18.9. The van der Waals surface area contributed by atoms with Gasteiger partial charge in [-0.25, -0.2) is 4.79 Å². The molecule has 0 bridgehead atoms. The van der Waals surface area contributed by atoms with Gasteiger partial charge in [-0.1, -0.05) is 74.5 Å². The van der Waals surface area contributed by atoms with Gasteiger partial charge in [0.15, 0.2) is 0 Å². The van der Waals surface area contributed by atoms with Crippen molar-refractivity contribution < 1.29 is 15.0 Å². The number of rotatable bonds is 13. The highest BCUT2D eigenvalue weighted by molar-refractivity contribution is 7.09. The molecule has 4 rings (SSSR count). The van der Waals surface area contributed by atoms with E-state index in [-0.39, 0.29) is 6.54 Å². The van der Waals surface area contributed by atoms with Gasteiger partial charge in [-0.15, -0.1) is 11.3 Å². The van der Waals surface area contributed by atoms with Crippen LogP contribution in [0.1, 0.15) is 29.9 Å². The Morgan fingerprint density at radius 1 is 0.923 bits per heavy atom. The first kappa shape index (κ1) is 28.4. The summed E-state index contributed by atoms with van der Waals surface area (Å²) in [5.41, 5.74) is 5.79. The number of amides is 1. The second-order valence-corrected chi connectivity index (χ2v) is 11.2. The van der Waals surface area contributed by atoms with Crippen molar-refractivity contribution in [3.8, 4) is 11.3 Å². The topological polar surface area (TPSA) is 89.8 Å². The Morgan fingerprint density at radius 3 is 2.28 bits per heavy atom. The Kier molecular flexibility index (Phi) is 10.2. The number of hydrogen-bond acceptors (Lipinski definition) is 6. The van der Waals surface area contributed by atoms with Crippen molar-refractivity contribution in [1.82, 2.24) is 19.8 Å². The summed E-state index contributed by atoms with van der Waals surface area (Å²) in [7, 11) is 0. The van der Waals surface area contributed by atoms with Gasteiger partial charge in [-0.2, -0.15) is 0 Å². The molecule has 2 aromatic heterocycles. The fourth-order valence-corrected chi connectivity index (χ4v) is 5.40. The summed E-state index contributed by atoms with van der Waals surface area (Å²) < 4.78 is 0. The number of pyridine rings is 1. The Balaban J connectivity index is 1.53. The van der Waals surface area contributed by atoms with Crippen LogP contribution in [0, 0.1) is 5.92 Å². The molecule has 0 saturated heterocycles. The maximum atomic E-state index is 12.4. The molecule has 8 heteroatoms. The van der Waals surface area contributed by atoms with Gasteiger partial charge in [0.1, 0.15) is 0 Å². The van der Waals surface area contributed by atoms with E-state index in [0.717, 1.165) is 33.8 Å². The molecule has 0 fully saturated rings. The number of carboxylic acid groups (broad SMARTS) is 1. The van der Waals surface area contributed by atoms with Crippen LogP contribution in [-0.2, 0) is 19.5 Å². The van der Waals surface area contributed by atoms with Crippen LogP contribution < -0.4 is 0 Å². The van der Waals surface area contributed by atoms with Crippen molar-refractivity contribution in [3.05, 3.63) is 107 Å². The van der Waals surface area contributed by atoms with Crippen molar-refractivity contribution in [3.63, 3.8) is 0 Å². The molecule has 4 aromatic rings. The molecule has 2 heterocycles. The van der Waals surface area contributed by atoms with E-state index in [1.165, 1.54) is 16.2 Å². The maximum Gasteiger partial charge on any atom is 0.407 e.